The van der Waals surface area contributed by atoms with Gasteiger partial charge < -0.3 is 5.11 Å². The molecule has 0 aliphatic heterocycles. The summed E-state index contributed by atoms with van der Waals surface area (Å²) in [5.74, 6) is 1.26. The Hall–Kier alpha value is -1.12. The smallest absolute Gasteiger partial charge is 0.309 e. The van der Waals surface area contributed by atoms with Crippen molar-refractivity contribution in [2.75, 3.05) is 0 Å². The topological polar surface area (TPSA) is 54.4 Å². The van der Waals surface area contributed by atoms with Gasteiger partial charge in [0.25, 0.3) is 0 Å². The Kier molecular flexibility index (Phi) is 5.06. The standard InChI is InChI=1S/C31H48O3/c1-19-9-11-29(6)23(26(19,2)3)10-12-31(8)24(29)22(32)17-20-21-18-28(5,25(33)34)14-13-27(21,4)15-16-30(20,31)7/h17,19,21,23-24H,9-16,18H2,1-8H3,(H,33,34)/t19-,21-,23+,24-,27+,28-,29-,30+,31+/m0/s1. The van der Waals surface area contributed by atoms with Crippen LogP contribution in [-0.2, 0) is 9.59 Å². The minimum Gasteiger partial charge on any atom is -0.481 e. The highest BCUT2D eigenvalue weighted by molar-refractivity contribution is 5.95. The van der Waals surface area contributed by atoms with Gasteiger partial charge in [0.15, 0.2) is 5.78 Å². The highest BCUT2D eigenvalue weighted by Crippen LogP contribution is 2.75. The SMILES string of the molecule is C[C@H]1CC[C@@]2(C)[C@H](CC[C@]3(C)[C@H]2C(=O)C=C2[C@@H]4C[C@@](C)(C(=O)O)CC[C@]4(C)CC[C@]23C)C1(C)C. The minimum absolute atomic E-state index is 0.0201. The van der Waals surface area contributed by atoms with E-state index < -0.39 is 11.4 Å². The van der Waals surface area contributed by atoms with E-state index in [0.29, 0.717) is 24.0 Å². The summed E-state index contributed by atoms with van der Waals surface area (Å²) in [7, 11) is 0. The molecule has 5 aliphatic rings. The van der Waals surface area contributed by atoms with Crippen LogP contribution in [0.1, 0.15) is 113 Å². The highest BCUT2D eigenvalue weighted by atomic mass is 16.4. The Morgan fingerprint density at radius 1 is 0.912 bits per heavy atom. The molecule has 0 bridgehead atoms. The molecule has 34 heavy (non-hydrogen) atoms. The average molecular weight is 469 g/mol. The number of carbonyl (C=O) groups excluding carboxylic acids is 1. The summed E-state index contributed by atoms with van der Waals surface area (Å²) < 4.78 is 0. The predicted molar refractivity (Wildman–Crippen MR) is 136 cm³/mol. The van der Waals surface area contributed by atoms with E-state index in [-0.39, 0.29) is 38.9 Å². The number of ketones is 1. The largest absolute Gasteiger partial charge is 0.481 e. The summed E-state index contributed by atoms with van der Waals surface area (Å²) in [6.45, 7) is 19.0. The lowest BCUT2D eigenvalue weighted by Crippen LogP contribution is -2.66. The van der Waals surface area contributed by atoms with E-state index in [1.807, 2.05) is 6.92 Å². The third-order valence-corrected chi connectivity index (χ3v) is 13.6. The van der Waals surface area contributed by atoms with E-state index in [0.717, 1.165) is 38.5 Å². The number of aliphatic carboxylic acids is 1. The fraction of sp³-hybridized carbons (Fsp3) is 0.871. The van der Waals surface area contributed by atoms with Gasteiger partial charge in [0.1, 0.15) is 0 Å². The number of carboxylic acid groups (broad SMARTS) is 1. The van der Waals surface area contributed by atoms with Crippen molar-refractivity contribution in [3.63, 3.8) is 0 Å². The molecule has 0 unspecified atom stereocenters. The Balaban J connectivity index is 1.62. The van der Waals surface area contributed by atoms with Crippen LogP contribution in [0.4, 0.5) is 0 Å². The summed E-state index contributed by atoms with van der Waals surface area (Å²) in [6, 6.07) is 0. The van der Waals surface area contributed by atoms with Crippen molar-refractivity contribution >= 4 is 11.8 Å². The van der Waals surface area contributed by atoms with Crippen LogP contribution in [0.3, 0.4) is 0 Å². The van der Waals surface area contributed by atoms with E-state index in [9.17, 15) is 14.7 Å². The Labute approximate surface area is 207 Å². The van der Waals surface area contributed by atoms with Crippen molar-refractivity contribution in [2.24, 2.45) is 56.2 Å². The van der Waals surface area contributed by atoms with Crippen molar-refractivity contribution in [2.45, 2.75) is 113 Å². The maximum absolute atomic E-state index is 14.3. The first-order chi connectivity index (χ1) is 15.6. The minimum atomic E-state index is -0.683. The molecule has 0 heterocycles. The second-order valence-corrected chi connectivity index (χ2v) is 15.3. The fourth-order valence-corrected chi connectivity index (χ4v) is 10.6. The van der Waals surface area contributed by atoms with Crippen LogP contribution in [0.2, 0.25) is 0 Å². The van der Waals surface area contributed by atoms with E-state index in [1.165, 1.54) is 18.4 Å². The Morgan fingerprint density at radius 2 is 1.56 bits per heavy atom. The quantitative estimate of drug-likeness (QED) is 0.429. The molecule has 0 aromatic rings. The van der Waals surface area contributed by atoms with Gasteiger partial charge in [-0.3, -0.25) is 9.59 Å². The second kappa shape index (κ2) is 7.00. The van der Waals surface area contributed by atoms with Crippen LogP contribution < -0.4 is 0 Å². The number of carbonyl (C=O) groups is 2. The number of hydrogen-bond donors (Lipinski definition) is 1. The number of rotatable bonds is 1. The summed E-state index contributed by atoms with van der Waals surface area (Å²) in [4.78, 5) is 26.5. The first kappa shape index (κ1) is 24.6. The summed E-state index contributed by atoms with van der Waals surface area (Å²) in [5.41, 5.74) is 1.00. The van der Waals surface area contributed by atoms with Crippen LogP contribution in [0.5, 0.6) is 0 Å². The number of fused-ring (bicyclic) bond motifs is 7. The van der Waals surface area contributed by atoms with Gasteiger partial charge in [-0.05, 0) is 116 Å². The van der Waals surface area contributed by atoms with Gasteiger partial charge in [0, 0.05) is 5.92 Å². The molecule has 0 radical (unpaired) electrons. The van der Waals surface area contributed by atoms with Crippen molar-refractivity contribution in [3.8, 4) is 0 Å². The molecule has 0 spiro atoms. The van der Waals surface area contributed by atoms with Gasteiger partial charge in [-0.15, -0.1) is 0 Å². The zero-order valence-corrected chi connectivity index (χ0v) is 23.0. The molecular weight excluding hydrogens is 420 g/mol. The lowest BCUT2D eigenvalue weighted by molar-refractivity contribution is -0.192. The molecule has 0 amide bonds. The van der Waals surface area contributed by atoms with Gasteiger partial charge in [-0.2, -0.15) is 0 Å². The van der Waals surface area contributed by atoms with Crippen LogP contribution in [-0.4, -0.2) is 16.9 Å². The van der Waals surface area contributed by atoms with E-state index in [4.69, 9.17) is 0 Å². The molecule has 0 saturated heterocycles. The average Bonchev–Trinajstić information content (AvgIpc) is 2.73. The second-order valence-electron chi connectivity index (χ2n) is 15.3. The van der Waals surface area contributed by atoms with Gasteiger partial charge >= 0.3 is 5.97 Å². The number of carboxylic acids is 1. The van der Waals surface area contributed by atoms with Gasteiger partial charge in [-0.25, -0.2) is 0 Å². The van der Waals surface area contributed by atoms with Crippen LogP contribution in [0.25, 0.3) is 0 Å². The number of allylic oxidation sites excluding steroid dienone is 2. The van der Waals surface area contributed by atoms with Crippen molar-refractivity contribution in [1.82, 2.24) is 0 Å². The molecule has 9 atom stereocenters. The molecule has 0 aromatic heterocycles. The third-order valence-electron chi connectivity index (χ3n) is 13.6. The summed E-state index contributed by atoms with van der Waals surface area (Å²) in [5, 5.41) is 10.1. The number of hydrogen-bond acceptors (Lipinski definition) is 2. The molecule has 3 nitrogen and oxygen atoms in total. The zero-order valence-electron chi connectivity index (χ0n) is 23.0. The molecular formula is C31H48O3. The molecule has 5 aliphatic carbocycles. The Morgan fingerprint density at radius 3 is 2.21 bits per heavy atom. The third kappa shape index (κ3) is 2.82. The molecule has 0 aromatic carbocycles. The maximum Gasteiger partial charge on any atom is 0.309 e. The molecule has 1 N–H and O–H groups in total. The van der Waals surface area contributed by atoms with E-state index in [1.54, 1.807) is 0 Å². The lowest BCUT2D eigenvalue weighted by atomic mass is 9.33. The van der Waals surface area contributed by atoms with Crippen molar-refractivity contribution in [3.05, 3.63) is 11.6 Å². The van der Waals surface area contributed by atoms with Gasteiger partial charge in [0.2, 0.25) is 0 Å². The van der Waals surface area contributed by atoms with Gasteiger partial charge in [0.05, 0.1) is 5.41 Å². The Bertz CT molecular complexity index is 962. The summed E-state index contributed by atoms with van der Waals surface area (Å²) in [6.07, 6.45) is 11.5. The van der Waals surface area contributed by atoms with Crippen LogP contribution in [0.15, 0.2) is 11.6 Å². The van der Waals surface area contributed by atoms with Crippen LogP contribution >= 0.6 is 0 Å². The monoisotopic (exact) mass is 468 g/mol. The molecule has 190 valence electrons. The van der Waals surface area contributed by atoms with E-state index >= 15 is 0 Å². The maximum atomic E-state index is 14.3. The zero-order chi connectivity index (χ0) is 25.1. The van der Waals surface area contributed by atoms with Crippen LogP contribution in [0, 0.1) is 56.2 Å². The highest BCUT2D eigenvalue weighted by Gasteiger charge is 2.70. The lowest BCUT2D eigenvalue weighted by Gasteiger charge is -2.70. The van der Waals surface area contributed by atoms with Gasteiger partial charge in [-0.1, -0.05) is 54.0 Å². The normalized spacial score (nSPS) is 54.1. The molecule has 4 fully saturated rings. The first-order valence-corrected chi connectivity index (χ1v) is 14.0. The first-order valence-electron chi connectivity index (χ1n) is 14.0. The molecule has 3 heteroatoms. The predicted octanol–water partition coefficient (Wildman–Crippen LogP) is 7.69. The summed E-state index contributed by atoms with van der Waals surface area (Å²) >= 11 is 0. The molecule has 5 rings (SSSR count). The fourth-order valence-electron chi connectivity index (χ4n) is 10.6. The van der Waals surface area contributed by atoms with Crippen molar-refractivity contribution in [1.29, 1.82) is 0 Å². The molecule has 4 saturated carbocycles. The van der Waals surface area contributed by atoms with Crippen molar-refractivity contribution < 1.29 is 14.7 Å². The van der Waals surface area contributed by atoms with E-state index in [2.05, 4.69) is 54.5 Å².